The van der Waals surface area contributed by atoms with E-state index in [1.165, 1.54) is 27.7 Å². The summed E-state index contributed by atoms with van der Waals surface area (Å²) in [5.41, 5.74) is -1.89. The van der Waals surface area contributed by atoms with Gasteiger partial charge in [-0.15, -0.1) is 0 Å². The van der Waals surface area contributed by atoms with Crippen molar-refractivity contribution in [3.63, 3.8) is 0 Å². The first-order valence-electron chi connectivity index (χ1n) is 4.20. The number of carboxylic acid groups (broad SMARTS) is 2. The van der Waals surface area contributed by atoms with Crippen LogP contribution in [0.2, 0.25) is 0 Å². The maximum Gasteiger partial charge on any atom is 1.00 e. The molecule has 0 aliphatic rings. The number of rotatable bonds is 4. The normalized spacial score (nSPS) is 10.5. The molecule has 0 radical (unpaired) electrons. The van der Waals surface area contributed by atoms with Crippen LogP contribution < -0.4 is 58.6 Å². The van der Waals surface area contributed by atoms with Crippen LogP contribution in [0, 0.1) is 17.3 Å². The van der Waals surface area contributed by atoms with Crippen LogP contribution in [0.25, 0.3) is 0 Å². The maximum absolute atomic E-state index is 10.8. The average Bonchev–Trinajstić information content (AvgIpc) is 1.82. The molecule has 15 heavy (non-hydrogen) atoms. The first-order valence-corrected chi connectivity index (χ1v) is 4.20. The van der Waals surface area contributed by atoms with Crippen LogP contribution in [0.5, 0.6) is 0 Å². The first-order chi connectivity index (χ1) is 5.77. The number of carbonyl (C=O) groups excluding carboxylic acids is 2. The molecule has 0 bridgehead atoms. The minimum Gasteiger partial charge on any atom is -0.549 e. The van der Waals surface area contributed by atoms with Gasteiger partial charge in [0.1, 0.15) is 0 Å². The van der Waals surface area contributed by atoms with Gasteiger partial charge in [0.25, 0.3) is 0 Å². The number of aliphatic carboxylic acids is 2. The molecule has 0 saturated heterocycles. The molecular formula is C9H14LiNaO4. The zero-order valence-electron chi connectivity index (χ0n) is 10.3. The molecule has 0 aliphatic carbocycles. The van der Waals surface area contributed by atoms with Gasteiger partial charge in [-0.3, -0.25) is 0 Å². The van der Waals surface area contributed by atoms with Crippen LogP contribution >= 0.6 is 0 Å². The van der Waals surface area contributed by atoms with Crippen molar-refractivity contribution in [2.24, 2.45) is 17.3 Å². The average molecular weight is 216 g/mol. The van der Waals surface area contributed by atoms with E-state index in [-0.39, 0.29) is 48.4 Å². The minimum atomic E-state index is -1.89. The molecule has 0 N–H and O–H groups in total. The number of carbonyl (C=O) groups is 2. The van der Waals surface area contributed by atoms with Gasteiger partial charge in [-0.2, -0.15) is 0 Å². The summed E-state index contributed by atoms with van der Waals surface area (Å²) in [6, 6.07) is 0. The molecule has 0 fully saturated rings. The van der Waals surface area contributed by atoms with E-state index in [1.807, 2.05) is 0 Å². The summed E-state index contributed by atoms with van der Waals surface area (Å²) >= 11 is 0. The molecule has 0 amide bonds. The Morgan fingerprint density at radius 1 is 0.933 bits per heavy atom. The van der Waals surface area contributed by atoms with Gasteiger partial charge in [0, 0.05) is 0 Å². The standard InChI is InChI=1S/C9H16O4.Li.Na/c1-5(2)9(6(3)4,7(10)11)8(12)13;;/h5-6H,1-4H3,(H,10,11)(H,12,13);;/q;2*+1/p-2. The third-order valence-electron chi connectivity index (χ3n) is 2.50. The molecule has 76 valence electrons. The third kappa shape index (κ3) is 3.80. The van der Waals surface area contributed by atoms with Crippen LogP contribution in [-0.4, -0.2) is 11.9 Å². The van der Waals surface area contributed by atoms with Gasteiger partial charge in [0.05, 0.1) is 17.4 Å². The van der Waals surface area contributed by atoms with Crippen molar-refractivity contribution in [2.45, 2.75) is 27.7 Å². The maximum atomic E-state index is 10.8. The zero-order chi connectivity index (χ0) is 10.8. The zero-order valence-corrected chi connectivity index (χ0v) is 12.3. The molecule has 0 aromatic heterocycles. The summed E-state index contributed by atoms with van der Waals surface area (Å²) in [5, 5.41) is 21.6. The second kappa shape index (κ2) is 7.75. The van der Waals surface area contributed by atoms with E-state index < -0.39 is 29.2 Å². The van der Waals surface area contributed by atoms with Gasteiger partial charge in [0.15, 0.2) is 0 Å². The van der Waals surface area contributed by atoms with Gasteiger partial charge in [-0.05, 0) is 11.8 Å². The molecule has 0 aromatic rings. The van der Waals surface area contributed by atoms with E-state index in [2.05, 4.69) is 0 Å². The van der Waals surface area contributed by atoms with Gasteiger partial charge >= 0.3 is 48.4 Å². The Hall–Kier alpha value is 0.537. The molecule has 0 rings (SSSR count). The van der Waals surface area contributed by atoms with Crippen molar-refractivity contribution in [1.82, 2.24) is 0 Å². The second-order valence-electron chi connectivity index (χ2n) is 3.75. The fourth-order valence-electron chi connectivity index (χ4n) is 1.69. The molecule has 0 heterocycles. The van der Waals surface area contributed by atoms with Gasteiger partial charge < -0.3 is 19.8 Å². The topological polar surface area (TPSA) is 80.3 Å². The van der Waals surface area contributed by atoms with Crippen LogP contribution in [-0.2, 0) is 9.59 Å². The Kier molecular flexibility index (Phi) is 10.8. The van der Waals surface area contributed by atoms with Gasteiger partial charge in [0.2, 0.25) is 0 Å². The minimum absolute atomic E-state index is 0. The molecule has 0 spiro atoms. The quantitative estimate of drug-likeness (QED) is 0.345. The predicted molar refractivity (Wildman–Crippen MR) is 42.1 cm³/mol. The Morgan fingerprint density at radius 2 is 1.13 bits per heavy atom. The summed E-state index contributed by atoms with van der Waals surface area (Å²) in [6.45, 7) is 6.13. The Balaban J connectivity index is -0.000000720. The summed E-state index contributed by atoms with van der Waals surface area (Å²) in [6.07, 6.45) is 0. The van der Waals surface area contributed by atoms with Crippen LogP contribution in [0.3, 0.4) is 0 Å². The van der Waals surface area contributed by atoms with E-state index in [1.54, 1.807) is 0 Å². The molecule has 0 saturated carbocycles. The predicted octanol–water partition coefficient (Wildman–Crippen LogP) is -7.21. The number of carboxylic acids is 2. The number of hydrogen-bond donors (Lipinski definition) is 0. The molecule has 6 heteroatoms. The van der Waals surface area contributed by atoms with E-state index in [9.17, 15) is 19.8 Å². The van der Waals surface area contributed by atoms with Crippen molar-refractivity contribution in [3.8, 4) is 0 Å². The summed E-state index contributed by atoms with van der Waals surface area (Å²) in [7, 11) is 0. The molecule has 4 nitrogen and oxygen atoms in total. The van der Waals surface area contributed by atoms with E-state index in [0.29, 0.717) is 0 Å². The molecular weight excluding hydrogens is 202 g/mol. The van der Waals surface area contributed by atoms with Crippen molar-refractivity contribution in [2.75, 3.05) is 0 Å². The van der Waals surface area contributed by atoms with E-state index in [0.717, 1.165) is 0 Å². The van der Waals surface area contributed by atoms with Crippen LogP contribution in [0.15, 0.2) is 0 Å². The molecule has 0 aromatic carbocycles. The largest absolute Gasteiger partial charge is 1.00 e. The monoisotopic (exact) mass is 216 g/mol. The summed E-state index contributed by atoms with van der Waals surface area (Å²) in [5.74, 6) is -4.25. The van der Waals surface area contributed by atoms with Gasteiger partial charge in [-0.1, -0.05) is 27.7 Å². The van der Waals surface area contributed by atoms with Crippen molar-refractivity contribution < 1.29 is 68.2 Å². The third-order valence-corrected chi connectivity index (χ3v) is 2.50. The molecule has 0 unspecified atom stereocenters. The fourth-order valence-corrected chi connectivity index (χ4v) is 1.69. The van der Waals surface area contributed by atoms with E-state index >= 15 is 0 Å². The molecule has 0 atom stereocenters. The number of hydrogen-bond acceptors (Lipinski definition) is 4. The Bertz CT molecular complexity index is 204. The van der Waals surface area contributed by atoms with Crippen molar-refractivity contribution in [3.05, 3.63) is 0 Å². The summed E-state index contributed by atoms with van der Waals surface area (Å²) < 4.78 is 0. The smallest absolute Gasteiger partial charge is 0.549 e. The summed E-state index contributed by atoms with van der Waals surface area (Å²) in [4.78, 5) is 21.6. The fraction of sp³-hybridized carbons (Fsp3) is 0.778. The Labute approximate surface area is 124 Å². The first kappa shape index (κ1) is 20.9. The van der Waals surface area contributed by atoms with Crippen molar-refractivity contribution >= 4 is 11.9 Å². The van der Waals surface area contributed by atoms with E-state index in [4.69, 9.17) is 0 Å². The van der Waals surface area contributed by atoms with Crippen LogP contribution in [0.4, 0.5) is 0 Å². The molecule has 0 aliphatic heterocycles. The second-order valence-corrected chi connectivity index (χ2v) is 3.75. The SMILES string of the molecule is CC(C)C(C(=O)[O-])(C(=O)[O-])C(C)C.[Li+].[Na+]. The Morgan fingerprint density at radius 3 is 1.13 bits per heavy atom. The van der Waals surface area contributed by atoms with Crippen molar-refractivity contribution in [1.29, 1.82) is 0 Å². The van der Waals surface area contributed by atoms with Crippen LogP contribution in [0.1, 0.15) is 27.7 Å². The van der Waals surface area contributed by atoms with Gasteiger partial charge in [-0.25, -0.2) is 0 Å².